The number of hydrogen-bond acceptors (Lipinski definition) is 4. The Morgan fingerprint density at radius 2 is 2.00 bits per heavy atom. The molecule has 88 valence electrons. The van der Waals surface area contributed by atoms with E-state index in [1.54, 1.807) is 12.4 Å². The van der Waals surface area contributed by atoms with Gasteiger partial charge in [-0.15, -0.1) is 0 Å². The number of pyridine rings is 1. The number of nitrogens with zero attached hydrogens (tertiary/aromatic N) is 2. The fourth-order valence-corrected chi connectivity index (χ4v) is 1.88. The molecule has 2 aromatic heterocycles. The lowest BCUT2D eigenvalue weighted by Gasteiger charge is -2.05. The van der Waals surface area contributed by atoms with E-state index in [1.807, 2.05) is 24.3 Å². The summed E-state index contributed by atoms with van der Waals surface area (Å²) in [5.41, 5.74) is 0.284. The Kier molecular flexibility index (Phi) is 2.30. The number of aromatic nitrogens is 3. The first-order valence-corrected chi connectivity index (χ1v) is 5.37. The van der Waals surface area contributed by atoms with Crippen molar-refractivity contribution in [2.75, 3.05) is 0 Å². The van der Waals surface area contributed by atoms with Gasteiger partial charge in [0, 0.05) is 23.3 Å². The fraction of sp³-hybridized carbons (Fsp3) is 0. The standard InChI is InChI=1S/C13H9N3O2/c17-11-5-12(18)16-13(15-11)10-7-14-6-8-3-1-2-4-9(8)10/h1-7H,(H2,15,16,17,18). The van der Waals surface area contributed by atoms with Gasteiger partial charge in [0.2, 0.25) is 5.88 Å². The van der Waals surface area contributed by atoms with Crippen LogP contribution in [0.2, 0.25) is 0 Å². The van der Waals surface area contributed by atoms with Crippen LogP contribution in [0.4, 0.5) is 0 Å². The van der Waals surface area contributed by atoms with Gasteiger partial charge in [-0.05, 0) is 5.39 Å². The minimum absolute atomic E-state index is 0.304. The van der Waals surface area contributed by atoms with Gasteiger partial charge < -0.3 is 10.1 Å². The lowest BCUT2D eigenvalue weighted by Crippen LogP contribution is -2.06. The quantitative estimate of drug-likeness (QED) is 0.677. The van der Waals surface area contributed by atoms with Crippen molar-refractivity contribution in [1.29, 1.82) is 0 Å². The van der Waals surface area contributed by atoms with Gasteiger partial charge in [0.05, 0.1) is 6.07 Å². The van der Waals surface area contributed by atoms with Crippen LogP contribution in [0.3, 0.4) is 0 Å². The Morgan fingerprint density at radius 3 is 2.83 bits per heavy atom. The Hall–Kier alpha value is -2.69. The molecule has 0 atom stereocenters. The Labute approximate surface area is 102 Å². The van der Waals surface area contributed by atoms with Crippen LogP contribution in [0.5, 0.6) is 5.88 Å². The molecule has 0 saturated heterocycles. The zero-order chi connectivity index (χ0) is 12.5. The second-order valence-corrected chi connectivity index (χ2v) is 3.86. The predicted octanol–water partition coefficient (Wildman–Crippen LogP) is 1.69. The van der Waals surface area contributed by atoms with Gasteiger partial charge in [0.15, 0.2) is 0 Å². The zero-order valence-corrected chi connectivity index (χ0v) is 9.29. The number of aromatic hydroxyl groups is 1. The number of H-pyrrole nitrogens is 1. The normalized spacial score (nSPS) is 10.7. The van der Waals surface area contributed by atoms with Gasteiger partial charge in [-0.3, -0.25) is 9.78 Å². The maximum atomic E-state index is 11.3. The first kappa shape index (κ1) is 10.5. The third kappa shape index (κ3) is 1.71. The molecule has 0 unspecified atom stereocenters. The summed E-state index contributed by atoms with van der Waals surface area (Å²) in [5, 5.41) is 11.2. The number of hydrogen-bond donors (Lipinski definition) is 2. The van der Waals surface area contributed by atoms with Crippen molar-refractivity contribution in [2.45, 2.75) is 0 Å². The van der Waals surface area contributed by atoms with Crippen molar-refractivity contribution < 1.29 is 5.11 Å². The van der Waals surface area contributed by atoms with Gasteiger partial charge in [-0.25, -0.2) is 0 Å². The van der Waals surface area contributed by atoms with Crippen molar-refractivity contribution in [3.05, 3.63) is 53.1 Å². The van der Waals surface area contributed by atoms with E-state index in [0.29, 0.717) is 11.4 Å². The Balaban J connectivity index is 2.34. The molecule has 5 heteroatoms. The maximum Gasteiger partial charge on any atom is 0.254 e. The summed E-state index contributed by atoms with van der Waals surface area (Å²) in [5.74, 6) is 0.00554. The van der Waals surface area contributed by atoms with Gasteiger partial charge in [0.25, 0.3) is 5.56 Å². The largest absolute Gasteiger partial charge is 0.493 e. The van der Waals surface area contributed by atoms with E-state index in [0.717, 1.165) is 16.8 Å². The van der Waals surface area contributed by atoms with Gasteiger partial charge >= 0.3 is 0 Å². The summed E-state index contributed by atoms with van der Waals surface area (Å²) in [6.45, 7) is 0. The van der Waals surface area contributed by atoms with Crippen molar-refractivity contribution in [2.24, 2.45) is 0 Å². The fourth-order valence-electron chi connectivity index (χ4n) is 1.88. The summed E-state index contributed by atoms with van der Waals surface area (Å²) in [4.78, 5) is 22.0. The van der Waals surface area contributed by atoms with Crippen LogP contribution in [0, 0.1) is 0 Å². The second-order valence-electron chi connectivity index (χ2n) is 3.86. The van der Waals surface area contributed by atoms with E-state index >= 15 is 0 Å². The van der Waals surface area contributed by atoms with Gasteiger partial charge in [-0.2, -0.15) is 4.98 Å². The average Bonchev–Trinajstić information content (AvgIpc) is 2.37. The minimum atomic E-state index is -0.398. The van der Waals surface area contributed by atoms with Crippen LogP contribution in [0.1, 0.15) is 0 Å². The molecule has 3 rings (SSSR count). The number of rotatable bonds is 1. The summed E-state index contributed by atoms with van der Waals surface area (Å²) >= 11 is 0. The predicted molar refractivity (Wildman–Crippen MR) is 67.3 cm³/mol. The highest BCUT2D eigenvalue weighted by molar-refractivity contribution is 5.93. The summed E-state index contributed by atoms with van der Waals surface area (Å²) in [6, 6.07) is 8.67. The highest BCUT2D eigenvalue weighted by Gasteiger charge is 2.07. The minimum Gasteiger partial charge on any atom is -0.493 e. The van der Waals surface area contributed by atoms with Crippen molar-refractivity contribution in [3.63, 3.8) is 0 Å². The highest BCUT2D eigenvalue weighted by atomic mass is 16.3. The molecule has 0 aliphatic rings. The smallest absolute Gasteiger partial charge is 0.254 e. The molecule has 2 heterocycles. The summed E-state index contributed by atoms with van der Waals surface area (Å²) in [7, 11) is 0. The SMILES string of the molecule is O=c1cc(O)nc(-c2cncc3ccccc23)[nH]1. The van der Waals surface area contributed by atoms with E-state index in [1.165, 1.54) is 0 Å². The van der Waals surface area contributed by atoms with E-state index < -0.39 is 5.56 Å². The van der Waals surface area contributed by atoms with Crippen LogP contribution < -0.4 is 5.56 Å². The molecule has 0 amide bonds. The van der Waals surface area contributed by atoms with Crippen LogP contribution in [-0.2, 0) is 0 Å². The van der Waals surface area contributed by atoms with E-state index in [2.05, 4.69) is 15.0 Å². The number of aromatic amines is 1. The van der Waals surface area contributed by atoms with E-state index in [-0.39, 0.29) is 5.88 Å². The Morgan fingerprint density at radius 1 is 1.17 bits per heavy atom. The van der Waals surface area contributed by atoms with Crippen molar-refractivity contribution in [1.82, 2.24) is 15.0 Å². The van der Waals surface area contributed by atoms with E-state index in [9.17, 15) is 9.90 Å². The number of nitrogens with one attached hydrogen (secondary N) is 1. The van der Waals surface area contributed by atoms with Crippen LogP contribution in [0.25, 0.3) is 22.2 Å². The number of fused-ring (bicyclic) bond motifs is 1. The first-order chi connectivity index (χ1) is 8.74. The molecule has 5 nitrogen and oxygen atoms in total. The molecule has 0 aliphatic carbocycles. The topological polar surface area (TPSA) is 78.9 Å². The third-order valence-corrected chi connectivity index (χ3v) is 2.65. The van der Waals surface area contributed by atoms with Crippen LogP contribution in [-0.4, -0.2) is 20.1 Å². The molecule has 0 saturated carbocycles. The van der Waals surface area contributed by atoms with Crippen molar-refractivity contribution in [3.8, 4) is 17.3 Å². The second kappa shape index (κ2) is 3.96. The molecule has 18 heavy (non-hydrogen) atoms. The summed E-state index contributed by atoms with van der Waals surface area (Å²) in [6.07, 6.45) is 3.35. The van der Waals surface area contributed by atoms with Crippen LogP contribution >= 0.6 is 0 Å². The molecule has 0 aliphatic heterocycles. The lowest BCUT2D eigenvalue weighted by atomic mass is 10.1. The van der Waals surface area contributed by atoms with E-state index in [4.69, 9.17) is 0 Å². The molecule has 0 fully saturated rings. The van der Waals surface area contributed by atoms with Gasteiger partial charge in [0.1, 0.15) is 5.82 Å². The molecule has 0 bridgehead atoms. The molecule has 0 spiro atoms. The van der Waals surface area contributed by atoms with Gasteiger partial charge in [-0.1, -0.05) is 24.3 Å². The molecular formula is C13H9N3O2. The number of benzene rings is 1. The first-order valence-electron chi connectivity index (χ1n) is 5.37. The zero-order valence-electron chi connectivity index (χ0n) is 9.29. The molecular weight excluding hydrogens is 230 g/mol. The highest BCUT2D eigenvalue weighted by Crippen LogP contribution is 2.24. The molecule has 0 radical (unpaired) electrons. The van der Waals surface area contributed by atoms with Crippen molar-refractivity contribution >= 4 is 10.8 Å². The third-order valence-electron chi connectivity index (χ3n) is 2.65. The Bertz CT molecular complexity index is 775. The maximum absolute atomic E-state index is 11.3. The molecule has 2 N–H and O–H groups in total. The summed E-state index contributed by atoms with van der Waals surface area (Å²) < 4.78 is 0. The monoisotopic (exact) mass is 239 g/mol. The molecule has 1 aromatic carbocycles. The van der Waals surface area contributed by atoms with Crippen LogP contribution in [0.15, 0.2) is 47.5 Å². The lowest BCUT2D eigenvalue weighted by molar-refractivity contribution is 0.452. The molecule has 3 aromatic rings. The average molecular weight is 239 g/mol.